The molecule has 210 valence electrons. The second-order valence-corrected chi connectivity index (χ2v) is 25.0. The van der Waals surface area contributed by atoms with Crippen molar-refractivity contribution >= 4 is 23.4 Å². The van der Waals surface area contributed by atoms with E-state index in [0.29, 0.717) is 9.54 Å². The minimum absolute atomic E-state index is 0. The fourth-order valence-electron chi connectivity index (χ4n) is 8.28. The molecule has 0 saturated heterocycles. The molecule has 4 aliphatic carbocycles. The van der Waals surface area contributed by atoms with Gasteiger partial charge >= 0.3 is 241 Å². The van der Waals surface area contributed by atoms with Crippen LogP contribution in [0.1, 0.15) is 92.4 Å². The van der Waals surface area contributed by atoms with Crippen LogP contribution in [0.25, 0.3) is 22.3 Å². The van der Waals surface area contributed by atoms with E-state index >= 15 is 0 Å². The van der Waals surface area contributed by atoms with E-state index in [-0.39, 0.29) is 35.6 Å². The summed E-state index contributed by atoms with van der Waals surface area (Å²) >= 11 is -2.37. The van der Waals surface area contributed by atoms with Crippen molar-refractivity contribution in [2.24, 2.45) is 5.92 Å². The van der Waals surface area contributed by atoms with Crippen LogP contribution in [0.3, 0.4) is 0 Å². The minimum atomic E-state index is -2.37. The summed E-state index contributed by atoms with van der Waals surface area (Å²) in [6, 6.07) is 10.3. The molecule has 0 heterocycles. The summed E-state index contributed by atoms with van der Waals surface area (Å²) in [5.41, 5.74) is 16.7. The number of rotatable bonds is 3. The van der Waals surface area contributed by atoms with Gasteiger partial charge in [0.25, 0.3) is 0 Å². The summed E-state index contributed by atoms with van der Waals surface area (Å²) in [7, 11) is -1.39. The molecule has 2 aromatic carbocycles. The van der Waals surface area contributed by atoms with E-state index in [1.165, 1.54) is 44.5 Å². The third-order valence-electron chi connectivity index (χ3n) is 9.87. The van der Waals surface area contributed by atoms with Crippen LogP contribution in [0, 0.1) is 5.92 Å². The van der Waals surface area contributed by atoms with E-state index in [0.717, 1.165) is 0 Å². The zero-order chi connectivity index (χ0) is 27.7. The predicted octanol–water partition coefficient (Wildman–Crippen LogP) is 3.93. The zero-order valence-corrected chi connectivity index (χ0v) is 31.1. The van der Waals surface area contributed by atoms with Gasteiger partial charge < -0.3 is 24.8 Å². The van der Waals surface area contributed by atoms with E-state index in [1.54, 1.807) is 25.2 Å². The van der Waals surface area contributed by atoms with E-state index in [9.17, 15) is 0 Å². The van der Waals surface area contributed by atoms with Gasteiger partial charge in [0.2, 0.25) is 0 Å². The van der Waals surface area contributed by atoms with Gasteiger partial charge in [-0.15, -0.1) is 0 Å². The molecule has 0 radical (unpaired) electrons. The second-order valence-electron chi connectivity index (χ2n) is 14.7. The molecular weight excluding hydrogens is 623 g/mol. The van der Waals surface area contributed by atoms with Gasteiger partial charge in [0.1, 0.15) is 0 Å². The van der Waals surface area contributed by atoms with Crippen molar-refractivity contribution in [3.8, 4) is 11.1 Å². The van der Waals surface area contributed by atoms with Crippen LogP contribution in [0.15, 0.2) is 56.5 Å². The molecule has 1 atom stereocenters. The predicted molar refractivity (Wildman–Crippen MR) is 167 cm³/mol. The van der Waals surface area contributed by atoms with Gasteiger partial charge in [-0.1, -0.05) is 0 Å². The first-order valence-corrected chi connectivity index (χ1v) is 22.3. The molecule has 40 heavy (non-hydrogen) atoms. The number of hydrogen-bond acceptors (Lipinski definition) is 0. The molecule has 0 spiro atoms. The van der Waals surface area contributed by atoms with Crippen LogP contribution in [0.5, 0.6) is 0 Å². The Morgan fingerprint density at radius 2 is 1.15 bits per heavy atom. The number of fused-ring (bicyclic) bond motifs is 5. The Balaban J connectivity index is 0.00000185. The van der Waals surface area contributed by atoms with E-state index < -0.39 is 29.3 Å². The van der Waals surface area contributed by atoms with Crippen LogP contribution in [-0.2, 0) is 32.1 Å². The molecule has 0 nitrogen and oxygen atoms in total. The first-order valence-electron chi connectivity index (χ1n) is 14.4. The molecule has 6 rings (SSSR count). The summed E-state index contributed by atoms with van der Waals surface area (Å²) in [5, 5.41) is 1.69. The molecule has 0 fully saturated rings. The molecule has 0 aliphatic heterocycles. The van der Waals surface area contributed by atoms with Crippen molar-refractivity contribution in [1.82, 2.24) is 0 Å². The zero-order valence-electron chi connectivity index (χ0n) is 26.2. The Labute approximate surface area is 264 Å². The van der Waals surface area contributed by atoms with Gasteiger partial charge in [-0.05, 0) is 0 Å². The maximum atomic E-state index is 5.20. The van der Waals surface area contributed by atoms with Crippen molar-refractivity contribution in [2.75, 3.05) is 0 Å². The van der Waals surface area contributed by atoms with Gasteiger partial charge in [-0.3, -0.25) is 0 Å². The number of allylic oxidation sites excluding steroid dienone is 8. The van der Waals surface area contributed by atoms with Crippen molar-refractivity contribution in [2.45, 2.75) is 89.5 Å². The molecule has 4 aliphatic rings. The molecule has 2 aromatic rings. The molecule has 0 amide bonds. The van der Waals surface area contributed by atoms with Gasteiger partial charge in [0, 0.05) is 0 Å². The quantitative estimate of drug-likeness (QED) is 0.436. The van der Waals surface area contributed by atoms with E-state index in [4.69, 9.17) is 4.21 Å². The van der Waals surface area contributed by atoms with Crippen LogP contribution in [0.2, 0.25) is 19.6 Å². The number of halogens is 2. The summed E-state index contributed by atoms with van der Waals surface area (Å²) in [6.07, 6.45) is 7.57. The summed E-state index contributed by atoms with van der Waals surface area (Å²) in [6.45, 7) is 26.5. The van der Waals surface area contributed by atoms with Crippen LogP contribution in [-0.4, -0.2) is 12.3 Å². The van der Waals surface area contributed by atoms with Gasteiger partial charge in [-0.2, -0.15) is 0 Å². The van der Waals surface area contributed by atoms with Crippen molar-refractivity contribution in [1.29, 1.82) is 0 Å². The molecule has 4 heteroatoms. The van der Waals surface area contributed by atoms with Gasteiger partial charge in [0.05, 0.1) is 0 Å². The summed E-state index contributed by atoms with van der Waals surface area (Å²) in [4.78, 5) is 0. The third-order valence-corrected chi connectivity index (χ3v) is 19.0. The largest absolute Gasteiger partial charge is 1.00 e. The maximum Gasteiger partial charge on any atom is -1.00 e. The Hall–Kier alpha value is -1.05. The Bertz CT molecular complexity index is 1520. The topological polar surface area (TPSA) is 0 Å². The third kappa shape index (κ3) is 4.51. The fraction of sp³-hybridized carbons (Fsp3) is 0.417. The van der Waals surface area contributed by atoms with Crippen LogP contribution >= 0.6 is 0 Å². The summed E-state index contributed by atoms with van der Waals surface area (Å²) < 4.78 is 7.44. The minimum Gasteiger partial charge on any atom is -1.00 e. The monoisotopic (exact) mass is 664 g/mol. The van der Waals surface area contributed by atoms with Crippen molar-refractivity contribution < 1.29 is 46.1 Å². The van der Waals surface area contributed by atoms with E-state index in [1.807, 2.05) is 0 Å². The average Bonchev–Trinajstić information content (AvgIpc) is 3.42. The molecule has 1 unspecified atom stereocenters. The van der Waals surface area contributed by atoms with Crippen LogP contribution < -0.4 is 24.8 Å². The Kier molecular flexibility index (Phi) is 7.98. The fourth-order valence-corrected chi connectivity index (χ4v) is 17.5. The van der Waals surface area contributed by atoms with Crippen LogP contribution in [0.4, 0.5) is 0 Å². The molecule has 0 aromatic heterocycles. The Morgan fingerprint density at radius 1 is 0.725 bits per heavy atom. The van der Waals surface area contributed by atoms with Crippen molar-refractivity contribution in [3.05, 3.63) is 89.9 Å². The SMILES string of the molecule is [CH2]=[Zr+2]([C]1=C(C)C([Si](C)(C)C)=CC1C)[CH]1c2cc3c(cc2-c2cc4c(cc21)C(C)(C)C=C4C)C(C)=CC3(C)C.[Cl-].[Cl-]. The standard InChI is InChI=1S/C25H25.C10H17Si.CH2.2ClH.Zr/c1-14-12-24(3,4)22-8-16-7-17-9-23-19(15(2)13-25(23,5)6)11-21(17)20(16)10-18(14)22;1-8-6-9(2)10(7-8)11(3,4)5;;;;/h7-13H,1-6H3;7-8H,1-5H3;1H2;2*1H;/q;;;;;+2/p-2. The smallest absolute Gasteiger partial charge is 1.00 e. The second kappa shape index (κ2) is 10.0. The van der Waals surface area contributed by atoms with Crippen molar-refractivity contribution in [3.63, 3.8) is 0 Å². The number of hydrogen-bond donors (Lipinski definition) is 0. The molecular formula is C36H44Cl2SiZr. The normalized spacial score (nSPS) is 21.2. The average molecular weight is 667 g/mol. The van der Waals surface area contributed by atoms with Gasteiger partial charge in [-0.25, -0.2) is 0 Å². The maximum absolute atomic E-state index is 5.20. The van der Waals surface area contributed by atoms with Gasteiger partial charge in [0.15, 0.2) is 0 Å². The number of benzene rings is 2. The first-order chi connectivity index (χ1) is 17.5. The first kappa shape index (κ1) is 31.9. The molecule has 0 bridgehead atoms. The molecule has 0 saturated carbocycles. The Morgan fingerprint density at radius 3 is 1.52 bits per heavy atom. The molecule has 0 N–H and O–H groups in total. The summed E-state index contributed by atoms with van der Waals surface area (Å²) in [5.74, 6) is 0.542. The van der Waals surface area contributed by atoms with E-state index in [2.05, 4.69) is 118 Å².